The third kappa shape index (κ3) is 3.92. The Morgan fingerprint density at radius 3 is 2.52 bits per heavy atom. The lowest BCUT2D eigenvalue weighted by Crippen LogP contribution is -2.31. The molecule has 0 aromatic carbocycles. The molecule has 25 heavy (non-hydrogen) atoms. The molecule has 2 heterocycles. The van der Waals surface area contributed by atoms with E-state index < -0.39 is 0 Å². The first-order valence-corrected chi connectivity index (χ1v) is 8.37. The summed E-state index contributed by atoms with van der Waals surface area (Å²) in [5.41, 5.74) is 4.09. The summed E-state index contributed by atoms with van der Waals surface area (Å²) in [6.45, 7) is 9.84. The van der Waals surface area contributed by atoms with Crippen molar-refractivity contribution in [3.63, 3.8) is 0 Å². The lowest BCUT2D eigenvalue weighted by molar-refractivity contribution is -0.122. The Labute approximate surface area is 148 Å². The molecule has 2 aromatic heterocycles. The van der Waals surface area contributed by atoms with Crippen molar-refractivity contribution in [1.29, 1.82) is 0 Å². The van der Waals surface area contributed by atoms with Crippen LogP contribution in [-0.4, -0.2) is 32.8 Å². The molecule has 0 unspecified atom stereocenters. The van der Waals surface area contributed by atoms with Crippen LogP contribution in [0.4, 0.5) is 0 Å². The molecule has 0 spiro atoms. The highest BCUT2D eigenvalue weighted by atomic mass is 16.5. The van der Waals surface area contributed by atoms with Crippen molar-refractivity contribution in [2.45, 2.75) is 47.2 Å². The molecule has 2 aromatic rings. The van der Waals surface area contributed by atoms with Crippen LogP contribution >= 0.6 is 0 Å². The van der Waals surface area contributed by atoms with Crippen LogP contribution in [0.1, 0.15) is 52.9 Å². The maximum absolute atomic E-state index is 12.4. The van der Waals surface area contributed by atoms with E-state index in [1.54, 1.807) is 23.9 Å². The first-order valence-electron chi connectivity index (χ1n) is 8.37. The largest absolute Gasteiger partial charge is 0.462 e. The van der Waals surface area contributed by atoms with E-state index >= 15 is 0 Å². The number of rotatable bonds is 6. The van der Waals surface area contributed by atoms with Crippen LogP contribution in [-0.2, 0) is 23.1 Å². The Balaban J connectivity index is 2.10. The fraction of sp³-hybridized carbons (Fsp3) is 0.500. The second-order valence-corrected chi connectivity index (χ2v) is 6.19. The molecule has 1 atom stereocenters. The molecule has 136 valence electrons. The van der Waals surface area contributed by atoms with Gasteiger partial charge in [0, 0.05) is 29.7 Å². The molecule has 7 nitrogen and oxygen atoms in total. The molecule has 0 aliphatic heterocycles. The number of aryl methyl sites for hydroxylation is 2. The van der Waals surface area contributed by atoms with Gasteiger partial charge in [0.2, 0.25) is 5.91 Å². The lowest BCUT2D eigenvalue weighted by atomic mass is 10.1. The van der Waals surface area contributed by atoms with Crippen molar-refractivity contribution < 1.29 is 14.3 Å². The smallest absolute Gasteiger partial charge is 0.339 e. The Morgan fingerprint density at radius 2 is 1.96 bits per heavy atom. The molecule has 1 N–H and O–H groups in total. The first kappa shape index (κ1) is 18.8. The Hall–Kier alpha value is -2.57. The van der Waals surface area contributed by atoms with Gasteiger partial charge in [-0.2, -0.15) is 5.10 Å². The highest BCUT2D eigenvalue weighted by Gasteiger charge is 2.19. The number of carbonyl (C=O) groups excluding carboxylic acids is 2. The van der Waals surface area contributed by atoms with Gasteiger partial charge in [-0.05, 0) is 40.7 Å². The van der Waals surface area contributed by atoms with Gasteiger partial charge < -0.3 is 14.6 Å². The van der Waals surface area contributed by atoms with E-state index in [0.29, 0.717) is 12.2 Å². The monoisotopic (exact) mass is 346 g/mol. The average Bonchev–Trinajstić information content (AvgIpc) is 3.02. The van der Waals surface area contributed by atoms with E-state index in [9.17, 15) is 9.59 Å². The summed E-state index contributed by atoms with van der Waals surface area (Å²) >= 11 is 0. The SMILES string of the molecule is CCOC(=O)c1cc(C)n(CC(=O)N[C@H](C)c2cnn(C)c2C)c1C. The van der Waals surface area contributed by atoms with Gasteiger partial charge in [-0.25, -0.2) is 4.79 Å². The number of esters is 1. The van der Waals surface area contributed by atoms with E-state index in [-0.39, 0.29) is 24.5 Å². The lowest BCUT2D eigenvalue weighted by Gasteiger charge is -2.15. The van der Waals surface area contributed by atoms with Gasteiger partial charge in [-0.15, -0.1) is 0 Å². The van der Waals surface area contributed by atoms with Crippen LogP contribution < -0.4 is 5.32 Å². The summed E-state index contributed by atoms with van der Waals surface area (Å²) in [6.07, 6.45) is 1.77. The Kier molecular flexibility index (Phi) is 5.66. The van der Waals surface area contributed by atoms with Crippen LogP contribution in [0.15, 0.2) is 12.3 Å². The third-order valence-electron chi connectivity index (χ3n) is 4.49. The van der Waals surface area contributed by atoms with Gasteiger partial charge in [-0.3, -0.25) is 9.48 Å². The minimum atomic E-state index is -0.360. The van der Waals surface area contributed by atoms with Crippen LogP contribution in [0.3, 0.4) is 0 Å². The van der Waals surface area contributed by atoms with E-state index in [1.807, 2.05) is 39.3 Å². The summed E-state index contributed by atoms with van der Waals surface area (Å²) in [7, 11) is 1.87. The number of carbonyl (C=O) groups is 2. The summed E-state index contributed by atoms with van der Waals surface area (Å²) in [4.78, 5) is 24.4. The second-order valence-electron chi connectivity index (χ2n) is 6.19. The molecule has 0 saturated heterocycles. The number of nitrogens with zero attached hydrogens (tertiary/aromatic N) is 3. The number of aromatic nitrogens is 3. The molecule has 0 bridgehead atoms. The van der Waals surface area contributed by atoms with Crippen molar-refractivity contribution >= 4 is 11.9 Å². The van der Waals surface area contributed by atoms with E-state index in [0.717, 1.165) is 22.6 Å². The molecule has 0 fully saturated rings. The molecular weight excluding hydrogens is 320 g/mol. The predicted molar refractivity (Wildman–Crippen MR) is 94.4 cm³/mol. The molecule has 7 heteroatoms. The zero-order valence-corrected chi connectivity index (χ0v) is 15.7. The average molecular weight is 346 g/mol. The number of amides is 1. The minimum absolute atomic E-state index is 0.118. The maximum atomic E-state index is 12.4. The van der Waals surface area contributed by atoms with Crippen molar-refractivity contribution in [3.8, 4) is 0 Å². The molecule has 1 amide bonds. The van der Waals surface area contributed by atoms with Gasteiger partial charge >= 0.3 is 5.97 Å². The minimum Gasteiger partial charge on any atom is -0.462 e. The van der Waals surface area contributed by atoms with Crippen LogP contribution in [0.2, 0.25) is 0 Å². The second kappa shape index (κ2) is 7.55. The molecule has 0 aliphatic carbocycles. The van der Waals surface area contributed by atoms with Crippen LogP contribution in [0.25, 0.3) is 0 Å². The van der Waals surface area contributed by atoms with Crippen molar-refractivity contribution in [2.24, 2.45) is 7.05 Å². The number of hydrogen-bond acceptors (Lipinski definition) is 4. The molecule has 0 aliphatic rings. The summed E-state index contributed by atoms with van der Waals surface area (Å²) < 4.78 is 8.66. The maximum Gasteiger partial charge on any atom is 0.339 e. The number of ether oxygens (including phenoxy) is 1. The van der Waals surface area contributed by atoms with Gasteiger partial charge in [0.05, 0.1) is 24.4 Å². The van der Waals surface area contributed by atoms with E-state index in [2.05, 4.69) is 10.4 Å². The Bertz CT molecular complexity index is 789. The van der Waals surface area contributed by atoms with Crippen molar-refractivity contribution in [1.82, 2.24) is 19.7 Å². The van der Waals surface area contributed by atoms with Crippen LogP contribution in [0, 0.1) is 20.8 Å². The molecule has 0 saturated carbocycles. The van der Waals surface area contributed by atoms with Crippen molar-refractivity contribution in [2.75, 3.05) is 6.61 Å². The summed E-state index contributed by atoms with van der Waals surface area (Å²) in [5.74, 6) is -0.477. The molecule has 2 rings (SSSR count). The zero-order chi connectivity index (χ0) is 18.7. The van der Waals surface area contributed by atoms with Gasteiger partial charge in [-0.1, -0.05) is 0 Å². The van der Waals surface area contributed by atoms with Gasteiger partial charge in [0.25, 0.3) is 0 Å². The Morgan fingerprint density at radius 1 is 1.28 bits per heavy atom. The summed E-state index contributed by atoms with van der Waals surface area (Å²) in [5, 5.41) is 7.19. The van der Waals surface area contributed by atoms with Crippen molar-refractivity contribution in [3.05, 3.63) is 40.5 Å². The predicted octanol–water partition coefficient (Wildman–Crippen LogP) is 2.20. The summed E-state index contributed by atoms with van der Waals surface area (Å²) in [6, 6.07) is 1.62. The standard InChI is InChI=1S/C18H26N4O3/c1-7-25-18(24)15-8-11(2)22(14(15)5)10-17(23)20-12(3)16-9-19-21(6)13(16)4/h8-9,12H,7,10H2,1-6H3,(H,20,23)/t12-/m1/s1. The van der Waals surface area contributed by atoms with Crippen LogP contribution in [0.5, 0.6) is 0 Å². The third-order valence-corrected chi connectivity index (χ3v) is 4.49. The molecule has 0 radical (unpaired) electrons. The number of hydrogen-bond donors (Lipinski definition) is 1. The number of nitrogens with one attached hydrogen (secondary N) is 1. The zero-order valence-electron chi connectivity index (χ0n) is 15.7. The topological polar surface area (TPSA) is 78.2 Å². The van der Waals surface area contributed by atoms with Gasteiger partial charge in [0.15, 0.2) is 0 Å². The molecular formula is C18H26N4O3. The van der Waals surface area contributed by atoms with Gasteiger partial charge in [0.1, 0.15) is 6.54 Å². The fourth-order valence-corrected chi connectivity index (χ4v) is 2.91. The van der Waals surface area contributed by atoms with E-state index in [1.165, 1.54) is 0 Å². The fourth-order valence-electron chi connectivity index (χ4n) is 2.91. The highest BCUT2D eigenvalue weighted by molar-refractivity contribution is 5.91. The quantitative estimate of drug-likeness (QED) is 0.814. The van der Waals surface area contributed by atoms with E-state index in [4.69, 9.17) is 4.74 Å². The highest BCUT2D eigenvalue weighted by Crippen LogP contribution is 2.18. The normalized spacial score (nSPS) is 12.1. The first-order chi connectivity index (χ1) is 11.8.